The summed E-state index contributed by atoms with van der Waals surface area (Å²) in [5.74, 6) is 1.31. The van der Waals surface area contributed by atoms with E-state index in [9.17, 15) is 4.79 Å². The van der Waals surface area contributed by atoms with E-state index in [1.165, 1.54) is 36.0 Å². The van der Waals surface area contributed by atoms with Crippen molar-refractivity contribution in [2.45, 2.75) is 78.2 Å². The van der Waals surface area contributed by atoms with Crippen LogP contribution < -0.4 is 5.32 Å². The van der Waals surface area contributed by atoms with Crippen LogP contribution in [0.3, 0.4) is 0 Å². The molecule has 4 nitrogen and oxygen atoms in total. The number of aryl methyl sites for hydroxylation is 3. The minimum absolute atomic E-state index is 0.0139. The molecule has 1 aromatic heterocycles. The predicted molar refractivity (Wildman–Crippen MR) is 103 cm³/mol. The summed E-state index contributed by atoms with van der Waals surface area (Å²) in [5, 5.41) is 3.10. The number of amides is 1. The van der Waals surface area contributed by atoms with Gasteiger partial charge in [0, 0.05) is 5.41 Å². The van der Waals surface area contributed by atoms with Crippen LogP contribution in [-0.2, 0) is 29.5 Å². The lowest BCUT2D eigenvalue weighted by molar-refractivity contribution is -0.121. The van der Waals surface area contributed by atoms with Crippen molar-refractivity contribution < 1.29 is 9.21 Å². The van der Waals surface area contributed by atoms with E-state index in [0.29, 0.717) is 11.7 Å². The SMILES string of the molecule is Cc1nc(C(C)(C)C)oc1CC(=O)NC(C)c1ccc2c(c1)CCCC2. The van der Waals surface area contributed by atoms with E-state index >= 15 is 0 Å². The number of oxazole rings is 1. The van der Waals surface area contributed by atoms with Crippen molar-refractivity contribution in [1.29, 1.82) is 0 Å². The summed E-state index contributed by atoms with van der Waals surface area (Å²) in [6, 6.07) is 6.62. The summed E-state index contributed by atoms with van der Waals surface area (Å²) in [6.45, 7) is 10.1. The van der Waals surface area contributed by atoms with Crippen molar-refractivity contribution in [3.05, 3.63) is 52.2 Å². The highest BCUT2D eigenvalue weighted by molar-refractivity contribution is 5.78. The molecule has 0 fully saturated rings. The number of carbonyl (C=O) groups is 1. The van der Waals surface area contributed by atoms with Crippen LogP contribution in [0.15, 0.2) is 22.6 Å². The van der Waals surface area contributed by atoms with Crippen molar-refractivity contribution in [2.24, 2.45) is 0 Å². The predicted octanol–water partition coefficient (Wildman–Crippen LogP) is 4.58. The summed E-state index contributed by atoms with van der Waals surface area (Å²) < 4.78 is 5.84. The van der Waals surface area contributed by atoms with E-state index in [2.05, 4.69) is 49.3 Å². The molecule has 140 valence electrons. The van der Waals surface area contributed by atoms with Gasteiger partial charge in [0.15, 0.2) is 5.89 Å². The third-order valence-corrected chi connectivity index (χ3v) is 5.11. The van der Waals surface area contributed by atoms with Gasteiger partial charge >= 0.3 is 0 Å². The Kier molecular flexibility index (Phi) is 5.22. The first-order valence-electron chi connectivity index (χ1n) is 9.62. The number of nitrogens with zero attached hydrogens (tertiary/aromatic N) is 1. The Morgan fingerprint density at radius 1 is 1.23 bits per heavy atom. The summed E-state index contributed by atoms with van der Waals surface area (Å²) in [4.78, 5) is 17.0. The maximum Gasteiger partial charge on any atom is 0.228 e. The minimum Gasteiger partial charge on any atom is -0.444 e. The molecule has 1 aliphatic carbocycles. The van der Waals surface area contributed by atoms with Gasteiger partial charge in [0.2, 0.25) is 5.91 Å². The number of benzene rings is 1. The molecular formula is C22H30N2O2. The van der Waals surface area contributed by atoms with Crippen molar-refractivity contribution in [3.63, 3.8) is 0 Å². The van der Waals surface area contributed by atoms with Gasteiger partial charge in [-0.1, -0.05) is 39.0 Å². The van der Waals surface area contributed by atoms with Crippen LogP contribution in [0.25, 0.3) is 0 Å². The van der Waals surface area contributed by atoms with Crippen molar-refractivity contribution in [3.8, 4) is 0 Å². The van der Waals surface area contributed by atoms with E-state index in [1.807, 2.05) is 13.8 Å². The molecule has 1 amide bonds. The van der Waals surface area contributed by atoms with Crippen LogP contribution in [0, 0.1) is 6.92 Å². The molecule has 0 spiro atoms. The largest absolute Gasteiger partial charge is 0.444 e. The highest BCUT2D eigenvalue weighted by atomic mass is 16.4. The Morgan fingerprint density at radius 2 is 1.92 bits per heavy atom. The molecule has 1 aromatic carbocycles. The van der Waals surface area contributed by atoms with E-state index in [1.54, 1.807) is 0 Å². The number of hydrogen-bond acceptors (Lipinski definition) is 3. The third-order valence-electron chi connectivity index (χ3n) is 5.11. The number of fused-ring (bicyclic) bond motifs is 1. The van der Waals surface area contributed by atoms with Gasteiger partial charge in [-0.2, -0.15) is 0 Å². The van der Waals surface area contributed by atoms with E-state index < -0.39 is 0 Å². The van der Waals surface area contributed by atoms with Crippen molar-refractivity contribution >= 4 is 5.91 Å². The molecule has 4 heteroatoms. The molecule has 1 N–H and O–H groups in total. The van der Waals surface area contributed by atoms with Gasteiger partial charge in [-0.25, -0.2) is 4.98 Å². The van der Waals surface area contributed by atoms with Crippen LogP contribution in [0.5, 0.6) is 0 Å². The first-order valence-corrected chi connectivity index (χ1v) is 9.62. The Labute approximate surface area is 156 Å². The average molecular weight is 354 g/mol. The second-order valence-electron chi connectivity index (χ2n) is 8.48. The molecule has 0 radical (unpaired) electrons. The summed E-state index contributed by atoms with van der Waals surface area (Å²) in [7, 11) is 0. The van der Waals surface area contributed by atoms with E-state index in [4.69, 9.17) is 4.42 Å². The lowest BCUT2D eigenvalue weighted by Crippen LogP contribution is -2.28. The van der Waals surface area contributed by atoms with Gasteiger partial charge in [0.05, 0.1) is 18.2 Å². The van der Waals surface area contributed by atoms with Crippen molar-refractivity contribution in [1.82, 2.24) is 10.3 Å². The van der Waals surface area contributed by atoms with E-state index in [-0.39, 0.29) is 23.8 Å². The summed E-state index contributed by atoms with van der Waals surface area (Å²) in [6.07, 6.45) is 5.10. The second-order valence-corrected chi connectivity index (χ2v) is 8.48. The zero-order chi connectivity index (χ0) is 18.9. The molecule has 0 saturated heterocycles. The highest BCUT2D eigenvalue weighted by Gasteiger charge is 2.23. The molecule has 0 aliphatic heterocycles. The molecule has 0 bridgehead atoms. The first kappa shape index (κ1) is 18.7. The molecule has 1 heterocycles. The molecule has 1 unspecified atom stereocenters. The molecule has 26 heavy (non-hydrogen) atoms. The van der Waals surface area contributed by atoms with Crippen LogP contribution in [0.1, 0.15) is 80.6 Å². The van der Waals surface area contributed by atoms with Gasteiger partial charge in [-0.05, 0) is 56.2 Å². The maximum absolute atomic E-state index is 12.5. The molecule has 1 aliphatic rings. The van der Waals surface area contributed by atoms with Gasteiger partial charge in [-0.15, -0.1) is 0 Å². The lowest BCUT2D eigenvalue weighted by Gasteiger charge is -2.20. The Balaban J connectivity index is 1.65. The van der Waals surface area contributed by atoms with Gasteiger partial charge in [-0.3, -0.25) is 4.79 Å². The highest BCUT2D eigenvalue weighted by Crippen LogP contribution is 2.26. The van der Waals surface area contributed by atoms with Crippen LogP contribution >= 0.6 is 0 Å². The Bertz CT molecular complexity index is 799. The summed E-state index contributed by atoms with van der Waals surface area (Å²) in [5.41, 5.74) is 4.71. The number of aromatic nitrogens is 1. The molecule has 0 saturated carbocycles. The zero-order valence-electron chi connectivity index (χ0n) is 16.6. The Morgan fingerprint density at radius 3 is 2.58 bits per heavy atom. The molecule has 3 rings (SSSR count). The van der Waals surface area contributed by atoms with Gasteiger partial charge in [0.25, 0.3) is 0 Å². The normalized spacial score (nSPS) is 15.4. The fraction of sp³-hybridized carbons (Fsp3) is 0.545. The fourth-order valence-corrected chi connectivity index (χ4v) is 3.46. The molecule has 2 aromatic rings. The van der Waals surface area contributed by atoms with Crippen molar-refractivity contribution in [2.75, 3.05) is 0 Å². The van der Waals surface area contributed by atoms with E-state index in [0.717, 1.165) is 12.1 Å². The number of carbonyl (C=O) groups excluding carboxylic acids is 1. The molecule has 1 atom stereocenters. The first-order chi connectivity index (χ1) is 12.2. The smallest absolute Gasteiger partial charge is 0.228 e. The van der Waals surface area contributed by atoms with Crippen LogP contribution in [0.2, 0.25) is 0 Å². The molecular weight excluding hydrogens is 324 g/mol. The van der Waals surface area contributed by atoms with Gasteiger partial charge < -0.3 is 9.73 Å². The van der Waals surface area contributed by atoms with Crippen LogP contribution in [-0.4, -0.2) is 10.9 Å². The standard InChI is InChI=1S/C22H30N2O2/c1-14(17-11-10-16-8-6-7-9-18(16)12-17)23-20(25)13-19-15(2)24-21(26-19)22(3,4)5/h10-12,14H,6-9,13H2,1-5H3,(H,23,25). The minimum atomic E-state index is -0.157. The quantitative estimate of drug-likeness (QED) is 0.874. The number of hydrogen-bond donors (Lipinski definition) is 1. The van der Waals surface area contributed by atoms with Crippen LogP contribution in [0.4, 0.5) is 0 Å². The Hall–Kier alpha value is -2.10. The van der Waals surface area contributed by atoms with Gasteiger partial charge in [0.1, 0.15) is 5.76 Å². The average Bonchev–Trinajstić information content (AvgIpc) is 2.95. The topological polar surface area (TPSA) is 55.1 Å². The monoisotopic (exact) mass is 354 g/mol. The zero-order valence-corrected chi connectivity index (χ0v) is 16.6. The third kappa shape index (κ3) is 4.17. The maximum atomic E-state index is 12.5. The number of rotatable bonds is 4. The second kappa shape index (κ2) is 7.26. The summed E-state index contributed by atoms with van der Waals surface area (Å²) >= 11 is 0. The lowest BCUT2D eigenvalue weighted by atomic mass is 9.89. The number of nitrogens with one attached hydrogen (secondary N) is 1. The fourth-order valence-electron chi connectivity index (χ4n) is 3.46.